The van der Waals surface area contributed by atoms with Gasteiger partial charge in [0.25, 0.3) is 0 Å². The second kappa shape index (κ2) is 8.08. The molecule has 5 heteroatoms. The molecule has 0 saturated carbocycles. The third-order valence-corrected chi connectivity index (χ3v) is 5.05. The molecule has 1 aromatic heterocycles. The number of rotatable bonds is 5. The van der Waals surface area contributed by atoms with Crippen LogP contribution in [0.15, 0.2) is 71.4 Å². The fourth-order valence-electron chi connectivity index (χ4n) is 3.52. The van der Waals surface area contributed by atoms with Gasteiger partial charge in [-0.1, -0.05) is 53.7 Å². The maximum atomic E-state index is 12.6. The predicted octanol–water partition coefficient (Wildman–Crippen LogP) is 3.62. The average Bonchev–Trinajstić information content (AvgIpc) is 3.22. The fraction of sp³-hybridized carbons (Fsp3) is 0.273. The first-order valence-corrected chi connectivity index (χ1v) is 9.38. The molecule has 0 unspecified atom stereocenters. The number of benzene rings is 2. The lowest BCUT2D eigenvalue weighted by molar-refractivity contribution is -0.131. The van der Waals surface area contributed by atoms with E-state index in [0.29, 0.717) is 12.8 Å². The summed E-state index contributed by atoms with van der Waals surface area (Å²) in [5.41, 5.74) is 4.06. The zero-order chi connectivity index (χ0) is 18.5. The summed E-state index contributed by atoms with van der Waals surface area (Å²) >= 11 is 0. The van der Waals surface area contributed by atoms with Crippen LogP contribution in [0.25, 0.3) is 11.3 Å². The van der Waals surface area contributed by atoms with Crippen molar-refractivity contribution in [3.05, 3.63) is 72.5 Å². The quantitative estimate of drug-likeness (QED) is 0.696. The highest BCUT2D eigenvalue weighted by Crippen LogP contribution is 2.23. The smallest absolute Gasteiger partial charge is 0.223 e. The van der Waals surface area contributed by atoms with Crippen molar-refractivity contribution in [3.8, 4) is 11.3 Å². The van der Waals surface area contributed by atoms with E-state index in [1.165, 1.54) is 5.69 Å². The highest BCUT2D eigenvalue weighted by Gasteiger charge is 2.21. The van der Waals surface area contributed by atoms with Crippen LogP contribution in [0.2, 0.25) is 0 Å². The second-order valence-electron chi connectivity index (χ2n) is 6.76. The van der Waals surface area contributed by atoms with E-state index in [2.05, 4.69) is 34.3 Å². The molecule has 4 rings (SSSR count). The Bertz CT molecular complexity index is 869. The summed E-state index contributed by atoms with van der Waals surface area (Å²) in [6.07, 6.45) is 2.78. The van der Waals surface area contributed by atoms with Gasteiger partial charge in [-0.25, -0.2) is 0 Å². The summed E-state index contributed by atoms with van der Waals surface area (Å²) in [4.78, 5) is 16.9. The van der Waals surface area contributed by atoms with Crippen molar-refractivity contribution < 1.29 is 9.32 Å². The Labute approximate surface area is 159 Å². The molecule has 1 saturated heterocycles. The van der Waals surface area contributed by atoms with Gasteiger partial charge in [0, 0.05) is 49.4 Å². The van der Waals surface area contributed by atoms with Gasteiger partial charge in [-0.2, -0.15) is 0 Å². The van der Waals surface area contributed by atoms with Crippen molar-refractivity contribution in [1.29, 1.82) is 0 Å². The van der Waals surface area contributed by atoms with Crippen LogP contribution < -0.4 is 4.90 Å². The van der Waals surface area contributed by atoms with Gasteiger partial charge in [-0.3, -0.25) is 4.79 Å². The molecule has 138 valence electrons. The molecule has 2 heterocycles. The van der Waals surface area contributed by atoms with E-state index in [0.717, 1.165) is 43.0 Å². The Morgan fingerprint density at radius 1 is 0.926 bits per heavy atom. The molecule has 1 fully saturated rings. The normalized spacial score (nSPS) is 14.4. The first kappa shape index (κ1) is 17.3. The van der Waals surface area contributed by atoms with E-state index in [4.69, 9.17) is 4.52 Å². The minimum atomic E-state index is 0.197. The molecule has 0 radical (unpaired) electrons. The molecule has 0 N–H and O–H groups in total. The Morgan fingerprint density at radius 2 is 1.59 bits per heavy atom. The number of aromatic nitrogens is 1. The van der Waals surface area contributed by atoms with Crippen LogP contribution in [0.1, 0.15) is 12.0 Å². The Balaban J connectivity index is 1.32. The third kappa shape index (κ3) is 4.03. The lowest BCUT2D eigenvalue weighted by Gasteiger charge is -2.36. The van der Waals surface area contributed by atoms with Gasteiger partial charge in [0.05, 0.1) is 0 Å². The number of anilines is 1. The SMILES string of the molecule is O=C(CCc1conc1-c1ccccc1)N1CCN(c2ccccc2)CC1. The van der Waals surface area contributed by atoms with Crippen LogP contribution in [0.5, 0.6) is 0 Å². The minimum absolute atomic E-state index is 0.197. The van der Waals surface area contributed by atoms with Crippen molar-refractivity contribution in [1.82, 2.24) is 10.1 Å². The van der Waals surface area contributed by atoms with Crippen molar-refractivity contribution in [2.24, 2.45) is 0 Å². The Morgan fingerprint density at radius 3 is 2.30 bits per heavy atom. The summed E-state index contributed by atoms with van der Waals surface area (Å²) in [7, 11) is 0. The highest BCUT2D eigenvalue weighted by molar-refractivity contribution is 5.77. The summed E-state index contributed by atoms with van der Waals surface area (Å²) in [6, 6.07) is 20.3. The first-order chi connectivity index (χ1) is 13.3. The first-order valence-electron chi connectivity index (χ1n) is 9.38. The van der Waals surface area contributed by atoms with E-state index in [1.807, 2.05) is 41.3 Å². The molecule has 0 bridgehead atoms. The summed E-state index contributed by atoms with van der Waals surface area (Å²) < 4.78 is 5.16. The van der Waals surface area contributed by atoms with E-state index in [9.17, 15) is 4.79 Å². The molecule has 0 atom stereocenters. The topological polar surface area (TPSA) is 49.6 Å². The maximum absolute atomic E-state index is 12.6. The van der Waals surface area contributed by atoms with Crippen molar-refractivity contribution in [2.75, 3.05) is 31.1 Å². The van der Waals surface area contributed by atoms with E-state index < -0.39 is 0 Å². The molecule has 1 amide bonds. The highest BCUT2D eigenvalue weighted by atomic mass is 16.5. The molecule has 1 aliphatic rings. The van der Waals surface area contributed by atoms with Gasteiger partial charge in [0.15, 0.2) is 0 Å². The molecule has 2 aromatic carbocycles. The van der Waals surface area contributed by atoms with Gasteiger partial charge in [-0.15, -0.1) is 0 Å². The Kier molecular flexibility index (Phi) is 5.19. The van der Waals surface area contributed by atoms with Gasteiger partial charge in [0.1, 0.15) is 12.0 Å². The molecule has 0 aliphatic carbocycles. The van der Waals surface area contributed by atoms with Crippen molar-refractivity contribution in [2.45, 2.75) is 12.8 Å². The molecule has 27 heavy (non-hydrogen) atoms. The molecule has 1 aliphatic heterocycles. The molecule has 0 spiro atoms. The second-order valence-corrected chi connectivity index (χ2v) is 6.76. The molecular weight excluding hydrogens is 338 g/mol. The van der Waals surface area contributed by atoms with Crippen LogP contribution in [0.3, 0.4) is 0 Å². The maximum Gasteiger partial charge on any atom is 0.223 e. The average molecular weight is 361 g/mol. The number of aryl methyl sites for hydroxylation is 1. The largest absolute Gasteiger partial charge is 0.368 e. The lowest BCUT2D eigenvalue weighted by Crippen LogP contribution is -2.48. The van der Waals surface area contributed by atoms with Crippen LogP contribution in [0, 0.1) is 0 Å². The number of hydrogen-bond donors (Lipinski definition) is 0. The number of hydrogen-bond acceptors (Lipinski definition) is 4. The number of carbonyl (C=O) groups is 1. The number of piperazine rings is 1. The Hall–Kier alpha value is -3.08. The fourth-order valence-corrected chi connectivity index (χ4v) is 3.52. The lowest BCUT2D eigenvalue weighted by atomic mass is 10.0. The number of amides is 1. The van der Waals surface area contributed by atoms with Crippen molar-refractivity contribution in [3.63, 3.8) is 0 Å². The van der Waals surface area contributed by atoms with Crippen LogP contribution in [0.4, 0.5) is 5.69 Å². The van der Waals surface area contributed by atoms with E-state index in [1.54, 1.807) is 6.26 Å². The third-order valence-electron chi connectivity index (χ3n) is 5.05. The zero-order valence-electron chi connectivity index (χ0n) is 15.3. The predicted molar refractivity (Wildman–Crippen MR) is 105 cm³/mol. The monoisotopic (exact) mass is 361 g/mol. The van der Waals surface area contributed by atoms with Gasteiger partial charge >= 0.3 is 0 Å². The standard InChI is InChI=1S/C22H23N3O2/c26-21(25-15-13-24(14-16-25)20-9-5-2-6-10-20)12-11-19-17-27-23-22(19)18-7-3-1-4-8-18/h1-10,17H,11-16H2. The number of para-hydroxylation sites is 1. The van der Waals surface area contributed by atoms with E-state index >= 15 is 0 Å². The molecular formula is C22H23N3O2. The minimum Gasteiger partial charge on any atom is -0.368 e. The van der Waals surface area contributed by atoms with Crippen LogP contribution in [-0.4, -0.2) is 42.1 Å². The van der Waals surface area contributed by atoms with Crippen molar-refractivity contribution >= 4 is 11.6 Å². The number of carbonyl (C=O) groups excluding carboxylic acids is 1. The summed E-state index contributed by atoms with van der Waals surface area (Å²) in [5.74, 6) is 0.197. The summed E-state index contributed by atoms with van der Waals surface area (Å²) in [5, 5.41) is 4.11. The van der Waals surface area contributed by atoms with Gasteiger partial charge < -0.3 is 14.3 Å². The molecule has 5 nitrogen and oxygen atoms in total. The van der Waals surface area contributed by atoms with Crippen LogP contribution in [-0.2, 0) is 11.2 Å². The number of nitrogens with zero attached hydrogens (tertiary/aromatic N) is 3. The summed E-state index contributed by atoms with van der Waals surface area (Å²) in [6.45, 7) is 3.28. The van der Waals surface area contributed by atoms with Gasteiger partial charge in [-0.05, 0) is 18.6 Å². The van der Waals surface area contributed by atoms with E-state index in [-0.39, 0.29) is 5.91 Å². The van der Waals surface area contributed by atoms with Crippen LogP contribution >= 0.6 is 0 Å². The van der Waals surface area contributed by atoms with Gasteiger partial charge in [0.2, 0.25) is 5.91 Å². The molecule has 3 aromatic rings. The zero-order valence-corrected chi connectivity index (χ0v) is 15.3.